The van der Waals surface area contributed by atoms with E-state index in [9.17, 15) is 9.59 Å². The minimum atomic E-state index is -0.720. The average Bonchev–Trinajstić information content (AvgIpc) is 2.86. The summed E-state index contributed by atoms with van der Waals surface area (Å²) >= 11 is 12.2. The van der Waals surface area contributed by atoms with Gasteiger partial charge in [-0.1, -0.05) is 52.6 Å². The molecule has 1 aliphatic rings. The number of hydrogen-bond acceptors (Lipinski definition) is 4. The van der Waals surface area contributed by atoms with Crippen molar-refractivity contribution in [3.63, 3.8) is 0 Å². The molecule has 0 N–H and O–H groups in total. The lowest BCUT2D eigenvalue weighted by molar-refractivity contribution is -0.152. The molecule has 0 saturated carbocycles. The van der Waals surface area contributed by atoms with Crippen LogP contribution in [0.15, 0.2) is 47.6 Å². The van der Waals surface area contributed by atoms with Crippen LogP contribution in [0.5, 0.6) is 0 Å². The molecule has 140 valence electrons. The Morgan fingerprint density at radius 1 is 1.15 bits per heavy atom. The van der Waals surface area contributed by atoms with Gasteiger partial charge in [-0.05, 0) is 44.5 Å². The molecule has 0 fully saturated rings. The van der Waals surface area contributed by atoms with Crippen LogP contribution in [-0.2, 0) is 21.0 Å². The molecule has 1 aliphatic heterocycles. The SMILES string of the molecule is CC(C)(C)C(=O)O/N=C1/C(=O)N(Cc2ccc(Cl)cc2Cl)c2ccccc21. The van der Waals surface area contributed by atoms with Crippen LogP contribution in [0, 0.1) is 5.41 Å². The number of oxime groups is 1. The Morgan fingerprint density at radius 3 is 2.52 bits per heavy atom. The second kappa shape index (κ2) is 7.33. The quantitative estimate of drug-likeness (QED) is 0.543. The van der Waals surface area contributed by atoms with E-state index in [1.165, 1.54) is 0 Å². The predicted octanol–water partition coefficient (Wildman–Crippen LogP) is 4.83. The number of carbonyl (C=O) groups excluding carboxylic acids is 2. The molecule has 0 atom stereocenters. The van der Waals surface area contributed by atoms with Crippen LogP contribution >= 0.6 is 23.2 Å². The van der Waals surface area contributed by atoms with Gasteiger partial charge in [0.1, 0.15) is 0 Å². The first-order valence-electron chi connectivity index (χ1n) is 8.33. The van der Waals surface area contributed by atoms with Gasteiger partial charge in [0.2, 0.25) is 0 Å². The topological polar surface area (TPSA) is 59.0 Å². The highest BCUT2D eigenvalue weighted by molar-refractivity contribution is 6.54. The Kier molecular flexibility index (Phi) is 5.27. The van der Waals surface area contributed by atoms with Crippen LogP contribution in [0.3, 0.4) is 0 Å². The molecule has 1 heterocycles. The molecule has 0 saturated heterocycles. The number of halogens is 2. The van der Waals surface area contributed by atoms with E-state index < -0.39 is 11.4 Å². The number of para-hydroxylation sites is 1. The maximum absolute atomic E-state index is 12.9. The highest BCUT2D eigenvalue weighted by Crippen LogP contribution is 2.32. The second-order valence-corrected chi connectivity index (χ2v) is 8.06. The van der Waals surface area contributed by atoms with Gasteiger partial charge in [-0.15, -0.1) is 0 Å². The third-order valence-corrected chi connectivity index (χ3v) is 4.66. The highest BCUT2D eigenvalue weighted by atomic mass is 35.5. The molecule has 0 aliphatic carbocycles. The van der Waals surface area contributed by atoms with E-state index >= 15 is 0 Å². The molecule has 3 rings (SSSR count). The lowest BCUT2D eigenvalue weighted by Crippen LogP contribution is -2.30. The van der Waals surface area contributed by atoms with Crippen LogP contribution in [0.25, 0.3) is 0 Å². The van der Waals surface area contributed by atoms with Gasteiger partial charge in [0, 0.05) is 15.6 Å². The van der Waals surface area contributed by atoms with Gasteiger partial charge in [0.05, 0.1) is 17.6 Å². The van der Waals surface area contributed by atoms with Crippen molar-refractivity contribution in [2.75, 3.05) is 4.90 Å². The first-order valence-corrected chi connectivity index (χ1v) is 9.08. The molecule has 0 spiro atoms. The number of anilines is 1. The summed E-state index contributed by atoms with van der Waals surface area (Å²) in [6.07, 6.45) is 0. The van der Waals surface area contributed by atoms with Crippen LogP contribution < -0.4 is 4.90 Å². The molecule has 2 aromatic carbocycles. The van der Waals surface area contributed by atoms with E-state index in [0.29, 0.717) is 21.3 Å². The van der Waals surface area contributed by atoms with Gasteiger partial charge < -0.3 is 9.74 Å². The normalized spacial score (nSPS) is 15.2. The zero-order valence-corrected chi connectivity index (χ0v) is 16.6. The minimum absolute atomic E-state index is 0.0910. The van der Waals surface area contributed by atoms with Gasteiger partial charge in [-0.3, -0.25) is 4.79 Å². The number of nitrogens with zero attached hydrogens (tertiary/aromatic N) is 2. The molecule has 5 nitrogen and oxygen atoms in total. The summed E-state index contributed by atoms with van der Waals surface area (Å²) < 4.78 is 0. The van der Waals surface area contributed by atoms with Crippen molar-refractivity contribution >= 4 is 46.5 Å². The fourth-order valence-electron chi connectivity index (χ4n) is 2.55. The standard InChI is InChI=1S/C20H18Cl2N2O3/c1-20(2,3)19(26)27-23-17-14-6-4-5-7-16(14)24(18(17)25)11-12-8-9-13(21)10-15(12)22/h4-10H,11H2,1-3H3/b23-17+. The molecule has 0 radical (unpaired) electrons. The van der Waals surface area contributed by atoms with Gasteiger partial charge in [0.25, 0.3) is 5.91 Å². The van der Waals surface area contributed by atoms with Gasteiger partial charge in [-0.25, -0.2) is 4.79 Å². The van der Waals surface area contributed by atoms with Crippen molar-refractivity contribution in [1.29, 1.82) is 0 Å². The average molecular weight is 405 g/mol. The minimum Gasteiger partial charge on any atom is -0.317 e. The Balaban J connectivity index is 1.93. The summed E-state index contributed by atoms with van der Waals surface area (Å²) in [6, 6.07) is 12.3. The molecular weight excluding hydrogens is 387 g/mol. The third kappa shape index (κ3) is 3.99. The summed E-state index contributed by atoms with van der Waals surface area (Å²) in [5.74, 6) is -0.872. The number of amides is 1. The highest BCUT2D eigenvalue weighted by Gasteiger charge is 2.35. The van der Waals surface area contributed by atoms with Crippen molar-refractivity contribution in [3.05, 3.63) is 63.6 Å². The maximum atomic E-state index is 12.9. The summed E-state index contributed by atoms with van der Waals surface area (Å²) in [5, 5.41) is 4.85. The molecule has 2 aromatic rings. The molecule has 0 aromatic heterocycles. The van der Waals surface area contributed by atoms with E-state index in [4.69, 9.17) is 28.0 Å². The molecule has 27 heavy (non-hydrogen) atoms. The monoisotopic (exact) mass is 404 g/mol. The Labute approximate surface area is 167 Å². The molecule has 7 heteroatoms. The molecule has 0 unspecified atom stereocenters. The lowest BCUT2D eigenvalue weighted by Gasteiger charge is -2.17. The zero-order valence-electron chi connectivity index (χ0n) is 15.1. The van der Waals surface area contributed by atoms with Crippen LogP contribution in [-0.4, -0.2) is 17.6 Å². The van der Waals surface area contributed by atoms with Crippen LogP contribution in [0.1, 0.15) is 31.9 Å². The number of carbonyl (C=O) groups is 2. The van der Waals surface area contributed by atoms with E-state index in [1.54, 1.807) is 56.0 Å². The van der Waals surface area contributed by atoms with Gasteiger partial charge in [0.15, 0.2) is 5.71 Å². The summed E-state index contributed by atoms with van der Waals surface area (Å²) in [5.41, 5.74) is 1.40. The lowest BCUT2D eigenvalue weighted by atomic mass is 9.98. The van der Waals surface area contributed by atoms with Crippen molar-refractivity contribution in [2.24, 2.45) is 10.6 Å². The van der Waals surface area contributed by atoms with E-state index in [2.05, 4.69) is 5.16 Å². The molecule has 1 amide bonds. The van der Waals surface area contributed by atoms with E-state index in [-0.39, 0.29) is 18.2 Å². The van der Waals surface area contributed by atoms with Crippen molar-refractivity contribution in [3.8, 4) is 0 Å². The van der Waals surface area contributed by atoms with Gasteiger partial charge >= 0.3 is 5.97 Å². The van der Waals surface area contributed by atoms with Crippen molar-refractivity contribution < 1.29 is 14.4 Å². The predicted molar refractivity (Wildman–Crippen MR) is 106 cm³/mol. The summed E-state index contributed by atoms with van der Waals surface area (Å²) in [7, 11) is 0. The largest absolute Gasteiger partial charge is 0.340 e. The zero-order chi connectivity index (χ0) is 19.8. The summed E-state index contributed by atoms with van der Waals surface area (Å²) in [6.45, 7) is 5.40. The smallest absolute Gasteiger partial charge is 0.317 e. The Bertz CT molecular complexity index is 948. The number of fused-ring (bicyclic) bond motifs is 1. The number of rotatable bonds is 3. The first-order chi connectivity index (χ1) is 12.7. The Hall–Kier alpha value is -2.37. The number of hydrogen-bond donors (Lipinski definition) is 0. The van der Waals surface area contributed by atoms with E-state index in [1.807, 2.05) is 12.1 Å². The van der Waals surface area contributed by atoms with Crippen molar-refractivity contribution in [2.45, 2.75) is 27.3 Å². The molecule has 0 bridgehead atoms. The molecular formula is C20H18Cl2N2O3. The van der Waals surface area contributed by atoms with Crippen LogP contribution in [0.2, 0.25) is 10.0 Å². The van der Waals surface area contributed by atoms with Crippen LogP contribution in [0.4, 0.5) is 5.69 Å². The van der Waals surface area contributed by atoms with Gasteiger partial charge in [-0.2, -0.15) is 0 Å². The maximum Gasteiger partial charge on any atom is 0.340 e. The second-order valence-electron chi connectivity index (χ2n) is 7.21. The first kappa shape index (κ1) is 19.4. The Morgan fingerprint density at radius 2 is 1.85 bits per heavy atom. The third-order valence-electron chi connectivity index (χ3n) is 4.07. The van der Waals surface area contributed by atoms with Crippen molar-refractivity contribution in [1.82, 2.24) is 0 Å². The summed E-state index contributed by atoms with van der Waals surface area (Å²) in [4.78, 5) is 31.5. The fourth-order valence-corrected chi connectivity index (χ4v) is 3.02. The fraction of sp³-hybridized carbons (Fsp3) is 0.250. The number of benzene rings is 2. The van der Waals surface area contributed by atoms with E-state index in [0.717, 1.165) is 5.56 Å².